The molecule has 0 aliphatic carbocycles. The van der Waals surface area contributed by atoms with Crippen molar-refractivity contribution in [1.82, 2.24) is 0 Å². The largest absolute Gasteiger partial charge is 0.416 e. The van der Waals surface area contributed by atoms with Crippen molar-refractivity contribution in [2.75, 3.05) is 5.73 Å². The standard InChI is InChI=1S/C16H14F3NO/c1-10-2-4-11(5-3-10)8-15(21)13-9-12(16(17,18)19)6-7-14(13)20/h2-7,9H,8,20H2,1H3. The number of anilines is 1. The molecule has 0 bridgehead atoms. The number of benzene rings is 2. The van der Waals surface area contributed by atoms with Crippen molar-refractivity contribution in [3.05, 3.63) is 64.7 Å². The highest BCUT2D eigenvalue weighted by Crippen LogP contribution is 2.31. The molecule has 0 aromatic heterocycles. The fourth-order valence-electron chi connectivity index (χ4n) is 1.96. The smallest absolute Gasteiger partial charge is 0.398 e. The minimum atomic E-state index is -4.49. The van der Waals surface area contributed by atoms with Crippen LogP contribution >= 0.6 is 0 Å². The molecule has 2 rings (SSSR count). The number of rotatable bonds is 3. The van der Waals surface area contributed by atoms with E-state index in [2.05, 4.69) is 0 Å². The molecule has 0 spiro atoms. The molecule has 0 aliphatic rings. The third-order valence-electron chi connectivity index (χ3n) is 3.17. The number of halogens is 3. The van der Waals surface area contributed by atoms with Gasteiger partial charge in [0.1, 0.15) is 0 Å². The lowest BCUT2D eigenvalue weighted by molar-refractivity contribution is -0.137. The van der Waals surface area contributed by atoms with E-state index in [1.54, 1.807) is 12.1 Å². The second-order valence-corrected chi connectivity index (χ2v) is 4.89. The Balaban J connectivity index is 2.28. The number of carbonyl (C=O) groups is 1. The van der Waals surface area contributed by atoms with Gasteiger partial charge in [0.05, 0.1) is 5.56 Å². The predicted molar refractivity (Wildman–Crippen MR) is 75.1 cm³/mol. The maximum Gasteiger partial charge on any atom is 0.416 e. The monoisotopic (exact) mass is 293 g/mol. The van der Waals surface area contributed by atoms with Crippen molar-refractivity contribution in [2.24, 2.45) is 0 Å². The van der Waals surface area contributed by atoms with E-state index in [0.29, 0.717) is 0 Å². The first kappa shape index (κ1) is 15.1. The number of hydrogen-bond donors (Lipinski definition) is 1. The second kappa shape index (κ2) is 5.60. The Morgan fingerprint density at radius 1 is 1.10 bits per heavy atom. The molecule has 0 saturated heterocycles. The summed E-state index contributed by atoms with van der Waals surface area (Å²) >= 11 is 0. The lowest BCUT2D eigenvalue weighted by Crippen LogP contribution is -2.11. The summed E-state index contributed by atoms with van der Waals surface area (Å²) in [6.07, 6.45) is -4.47. The van der Waals surface area contributed by atoms with E-state index in [1.165, 1.54) is 0 Å². The van der Waals surface area contributed by atoms with Crippen molar-refractivity contribution in [3.63, 3.8) is 0 Å². The Labute approximate surface area is 120 Å². The van der Waals surface area contributed by atoms with Gasteiger partial charge < -0.3 is 5.73 Å². The first-order valence-electron chi connectivity index (χ1n) is 6.33. The van der Waals surface area contributed by atoms with Gasteiger partial charge in [-0.15, -0.1) is 0 Å². The van der Waals surface area contributed by atoms with Crippen LogP contribution in [0.1, 0.15) is 27.0 Å². The van der Waals surface area contributed by atoms with Crippen LogP contribution in [-0.2, 0) is 12.6 Å². The quantitative estimate of drug-likeness (QED) is 0.686. The summed E-state index contributed by atoms with van der Waals surface area (Å²) in [6, 6.07) is 10.0. The van der Waals surface area contributed by atoms with Crippen LogP contribution in [0.5, 0.6) is 0 Å². The molecule has 0 amide bonds. The fourth-order valence-corrected chi connectivity index (χ4v) is 1.96. The minimum absolute atomic E-state index is 0.0196. The lowest BCUT2D eigenvalue weighted by atomic mass is 9.99. The number of Topliss-reactive ketones (excluding diaryl/α,β-unsaturated/α-hetero) is 1. The summed E-state index contributed by atoms with van der Waals surface area (Å²) in [6.45, 7) is 1.91. The topological polar surface area (TPSA) is 43.1 Å². The first-order chi connectivity index (χ1) is 9.77. The van der Waals surface area contributed by atoms with Gasteiger partial charge in [0.15, 0.2) is 5.78 Å². The van der Waals surface area contributed by atoms with Gasteiger partial charge in [0.25, 0.3) is 0 Å². The molecule has 2 N–H and O–H groups in total. The van der Waals surface area contributed by atoms with Crippen LogP contribution in [0.15, 0.2) is 42.5 Å². The van der Waals surface area contributed by atoms with Gasteiger partial charge >= 0.3 is 6.18 Å². The summed E-state index contributed by atoms with van der Waals surface area (Å²) < 4.78 is 38.0. The maximum absolute atomic E-state index is 12.7. The molecule has 0 fully saturated rings. The second-order valence-electron chi connectivity index (χ2n) is 4.89. The van der Waals surface area contributed by atoms with E-state index in [0.717, 1.165) is 29.3 Å². The molecule has 2 nitrogen and oxygen atoms in total. The molecule has 0 saturated carbocycles. The zero-order valence-corrected chi connectivity index (χ0v) is 11.4. The van der Waals surface area contributed by atoms with E-state index in [4.69, 9.17) is 5.73 Å². The number of aryl methyl sites for hydroxylation is 1. The van der Waals surface area contributed by atoms with Crippen LogP contribution in [0.25, 0.3) is 0 Å². The lowest BCUT2D eigenvalue weighted by Gasteiger charge is -2.10. The zero-order chi connectivity index (χ0) is 15.6. The molecule has 0 aliphatic heterocycles. The molecule has 0 unspecified atom stereocenters. The minimum Gasteiger partial charge on any atom is -0.398 e. The van der Waals surface area contributed by atoms with Crippen LogP contribution in [0, 0.1) is 6.92 Å². The van der Waals surface area contributed by atoms with E-state index in [9.17, 15) is 18.0 Å². The van der Waals surface area contributed by atoms with Gasteiger partial charge in [-0.05, 0) is 30.7 Å². The van der Waals surface area contributed by atoms with Crippen LogP contribution in [-0.4, -0.2) is 5.78 Å². The predicted octanol–water partition coefficient (Wildman–Crippen LogP) is 4.02. The van der Waals surface area contributed by atoms with Crippen LogP contribution in [0.3, 0.4) is 0 Å². The van der Waals surface area contributed by atoms with Gasteiger partial charge in [-0.2, -0.15) is 13.2 Å². The SMILES string of the molecule is Cc1ccc(CC(=O)c2cc(C(F)(F)F)ccc2N)cc1. The van der Waals surface area contributed by atoms with Gasteiger partial charge in [0.2, 0.25) is 0 Å². The van der Waals surface area contributed by atoms with Crippen molar-refractivity contribution < 1.29 is 18.0 Å². The Hall–Kier alpha value is -2.30. The van der Waals surface area contributed by atoms with Crippen LogP contribution in [0.4, 0.5) is 18.9 Å². The number of carbonyl (C=O) groups excluding carboxylic acids is 1. The number of nitrogens with two attached hydrogens (primary N) is 1. The highest BCUT2D eigenvalue weighted by molar-refractivity contribution is 6.02. The van der Waals surface area contributed by atoms with E-state index >= 15 is 0 Å². The molecule has 0 atom stereocenters. The fraction of sp³-hybridized carbons (Fsp3) is 0.188. The average Bonchev–Trinajstić information content (AvgIpc) is 2.40. The van der Waals surface area contributed by atoms with Gasteiger partial charge in [0, 0.05) is 17.7 Å². The molecule has 0 heterocycles. The van der Waals surface area contributed by atoms with Crippen molar-refractivity contribution in [1.29, 1.82) is 0 Å². The molecule has 21 heavy (non-hydrogen) atoms. The Morgan fingerprint density at radius 3 is 2.29 bits per heavy atom. The van der Waals surface area contributed by atoms with E-state index in [-0.39, 0.29) is 17.7 Å². The number of hydrogen-bond acceptors (Lipinski definition) is 2. The number of nitrogen functional groups attached to an aromatic ring is 1. The summed E-state index contributed by atoms with van der Waals surface area (Å²) in [5.41, 5.74) is 6.50. The highest BCUT2D eigenvalue weighted by Gasteiger charge is 2.31. The number of alkyl halides is 3. The van der Waals surface area contributed by atoms with Crippen LogP contribution in [0.2, 0.25) is 0 Å². The van der Waals surface area contributed by atoms with Gasteiger partial charge in [-0.25, -0.2) is 0 Å². The average molecular weight is 293 g/mol. The van der Waals surface area contributed by atoms with Crippen molar-refractivity contribution in [3.8, 4) is 0 Å². The third-order valence-corrected chi connectivity index (χ3v) is 3.17. The first-order valence-corrected chi connectivity index (χ1v) is 6.33. The molecule has 110 valence electrons. The molecule has 2 aromatic rings. The number of ketones is 1. The zero-order valence-electron chi connectivity index (χ0n) is 11.4. The van der Waals surface area contributed by atoms with Crippen molar-refractivity contribution in [2.45, 2.75) is 19.5 Å². The third kappa shape index (κ3) is 3.62. The van der Waals surface area contributed by atoms with Gasteiger partial charge in [-0.3, -0.25) is 4.79 Å². The normalized spacial score (nSPS) is 11.4. The molecule has 5 heteroatoms. The Morgan fingerprint density at radius 2 is 1.71 bits per heavy atom. The molecule has 2 aromatic carbocycles. The highest BCUT2D eigenvalue weighted by atomic mass is 19.4. The molecular formula is C16H14F3NO. The molecule has 0 radical (unpaired) electrons. The summed E-state index contributed by atoms with van der Waals surface area (Å²) in [7, 11) is 0. The summed E-state index contributed by atoms with van der Waals surface area (Å²) in [5, 5.41) is 0. The summed E-state index contributed by atoms with van der Waals surface area (Å²) in [5.74, 6) is -0.428. The van der Waals surface area contributed by atoms with Crippen molar-refractivity contribution >= 4 is 11.5 Å². The summed E-state index contributed by atoms with van der Waals surface area (Å²) in [4.78, 5) is 12.2. The van der Waals surface area contributed by atoms with E-state index < -0.39 is 17.5 Å². The molecular weight excluding hydrogens is 279 g/mol. The Bertz CT molecular complexity index is 660. The van der Waals surface area contributed by atoms with Gasteiger partial charge in [-0.1, -0.05) is 29.8 Å². The van der Waals surface area contributed by atoms with Crippen LogP contribution < -0.4 is 5.73 Å². The van der Waals surface area contributed by atoms with E-state index in [1.807, 2.05) is 19.1 Å². The Kier molecular flexibility index (Phi) is 4.02. The maximum atomic E-state index is 12.7.